The van der Waals surface area contributed by atoms with Crippen LogP contribution in [0.2, 0.25) is 0 Å². The summed E-state index contributed by atoms with van der Waals surface area (Å²) < 4.78 is 5.17. The summed E-state index contributed by atoms with van der Waals surface area (Å²) in [5.74, 6) is -0.775. The number of nitrogens with zero attached hydrogens (tertiary/aromatic N) is 1. The molecule has 1 aliphatic heterocycles. The molecule has 1 saturated heterocycles. The number of H-pyrrole nitrogens is 1. The number of carbonyl (C=O) groups excluding carboxylic acids is 2. The van der Waals surface area contributed by atoms with Crippen LogP contribution in [0.4, 0.5) is 0 Å². The summed E-state index contributed by atoms with van der Waals surface area (Å²) in [4.78, 5) is 40.5. The van der Waals surface area contributed by atoms with Crippen molar-refractivity contribution < 1.29 is 24.2 Å². The molecule has 1 aliphatic carbocycles. The minimum Gasteiger partial charge on any atom is -0.481 e. The molecular weight excluding hydrogens is 384 g/mol. The first kappa shape index (κ1) is 22.0. The van der Waals surface area contributed by atoms with Crippen LogP contribution in [-0.2, 0) is 20.7 Å². The molecule has 2 aliphatic rings. The summed E-state index contributed by atoms with van der Waals surface area (Å²) in [5, 5.41) is 8.50. The van der Waals surface area contributed by atoms with Crippen molar-refractivity contribution >= 4 is 28.6 Å². The average molecular weight is 415 g/mol. The molecule has 1 fully saturated rings. The Morgan fingerprint density at radius 3 is 2.57 bits per heavy atom. The van der Waals surface area contributed by atoms with Gasteiger partial charge in [-0.15, -0.1) is 0 Å². The maximum atomic E-state index is 13.1. The molecule has 0 amide bonds. The Labute approximate surface area is 176 Å². The minimum absolute atomic E-state index is 0.0423. The highest BCUT2D eigenvalue weighted by atomic mass is 16.5. The van der Waals surface area contributed by atoms with E-state index in [1.807, 2.05) is 18.2 Å². The molecule has 1 aromatic heterocycles. The molecule has 4 unspecified atom stereocenters. The quantitative estimate of drug-likeness (QED) is 0.733. The van der Waals surface area contributed by atoms with Crippen molar-refractivity contribution in [2.75, 3.05) is 20.7 Å². The SMILES string of the molecule is CC(=O)O.CCC1CN(C)C2Cc3c([nH]c4ccccc34)C(=O)CC1C2C(=O)OC. The number of esters is 1. The van der Waals surface area contributed by atoms with Gasteiger partial charge in [0.05, 0.1) is 18.7 Å². The molecule has 0 radical (unpaired) electrons. The number of carboxylic acid groups (broad SMARTS) is 1. The van der Waals surface area contributed by atoms with Crippen LogP contribution in [0.3, 0.4) is 0 Å². The molecule has 2 bridgehead atoms. The predicted molar refractivity (Wildman–Crippen MR) is 113 cm³/mol. The molecule has 7 nitrogen and oxygen atoms in total. The summed E-state index contributed by atoms with van der Waals surface area (Å²) in [6.45, 7) is 4.15. The number of carboxylic acids is 1. The number of likely N-dealkylation sites (N-methyl/N-ethyl adjacent to an activating group) is 1. The number of benzene rings is 1. The topological polar surface area (TPSA) is 99.7 Å². The molecule has 4 rings (SSSR count). The molecule has 1 aromatic carbocycles. The molecule has 2 aromatic rings. The third-order valence-corrected chi connectivity index (χ3v) is 6.49. The van der Waals surface area contributed by atoms with Crippen molar-refractivity contribution in [2.24, 2.45) is 17.8 Å². The van der Waals surface area contributed by atoms with Crippen molar-refractivity contribution in [1.82, 2.24) is 9.88 Å². The Bertz CT molecular complexity index is 946. The van der Waals surface area contributed by atoms with E-state index < -0.39 is 5.97 Å². The number of aliphatic carboxylic acids is 1. The Kier molecular flexibility index (Phi) is 6.61. The molecule has 2 heterocycles. The van der Waals surface area contributed by atoms with Gasteiger partial charge in [-0.3, -0.25) is 14.4 Å². The minimum atomic E-state index is -0.833. The fourth-order valence-corrected chi connectivity index (χ4v) is 5.15. The highest BCUT2D eigenvalue weighted by molar-refractivity contribution is 6.03. The van der Waals surface area contributed by atoms with E-state index in [1.54, 1.807) is 0 Å². The van der Waals surface area contributed by atoms with E-state index in [0.717, 1.165) is 42.0 Å². The van der Waals surface area contributed by atoms with Crippen molar-refractivity contribution in [1.29, 1.82) is 0 Å². The molecule has 162 valence electrons. The number of nitrogens with one attached hydrogen (secondary N) is 1. The number of likely N-dealkylation sites (tertiary alicyclic amines) is 1. The number of methoxy groups -OCH3 is 1. The number of aromatic nitrogens is 1. The van der Waals surface area contributed by atoms with E-state index >= 15 is 0 Å². The van der Waals surface area contributed by atoms with E-state index in [1.165, 1.54) is 7.11 Å². The fraction of sp³-hybridized carbons (Fsp3) is 0.522. The summed E-state index contributed by atoms with van der Waals surface area (Å²) in [6.07, 6.45) is 2.05. The van der Waals surface area contributed by atoms with Crippen LogP contribution in [0, 0.1) is 17.8 Å². The van der Waals surface area contributed by atoms with Gasteiger partial charge in [0.2, 0.25) is 0 Å². The van der Waals surface area contributed by atoms with Crippen molar-refractivity contribution in [2.45, 2.75) is 39.2 Å². The molecule has 4 atom stereocenters. The van der Waals surface area contributed by atoms with Gasteiger partial charge in [-0.05, 0) is 36.9 Å². The maximum absolute atomic E-state index is 13.1. The number of hydrogen-bond donors (Lipinski definition) is 2. The van der Waals surface area contributed by atoms with Gasteiger partial charge in [0.25, 0.3) is 5.97 Å². The number of aromatic amines is 1. The maximum Gasteiger partial charge on any atom is 0.310 e. The second kappa shape index (κ2) is 9.00. The lowest BCUT2D eigenvalue weighted by molar-refractivity contribution is -0.154. The van der Waals surface area contributed by atoms with Gasteiger partial charge in [0.1, 0.15) is 0 Å². The first-order valence-electron chi connectivity index (χ1n) is 10.4. The van der Waals surface area contributed by atoms with Crippen LogP contribution in [0.1, 0.15) is 42.7 Å². The number of ketones is 1. The molecule has 7 heteroatoms. The van der Waals surface area contributed by atoms with Gasteiger partial charge in [-0.1, -0.05) is 31.5 Å². The van der Waals surface area contributed by atoms with Crippen molar-refractivity contribution in [3.05, 3.63) is 35.5 Å². The van der Waals surface area contributed by atoms with Gasteiger partial charge in [-0.25, -0.2) is 0 Å². The van der Waals surface area contributed by atoms with E-state index in [4.69, 9.17) is 14.6 Å². The first-order valence-corrected chi connectivity index (χ1v) is 10.4. The van der Waals surface area contributed by atoms with Crippen LogP contribution in [0.15, 0.2) is 24.3 Å². The number of fused-ring (bicyclic) bond motifs is 5. The summed E-state index contributed by atoms with van der Waals surface area (Å²) in [6, 6.07) is 8.10. The Morgan fingerprint density at radius 2 is 1.93 bits per heavy atom. The standard InChI is InChI=1S/C21H26N2O3.C2H4O2/c1-4-12-11-23(2)17-9-15-13-7-5-6-8-16(13)22-20(15)18(24)10-14(12)19(17)21(25)26-3;1-2(3)4/h5-8,12,14,17,19,22H,4,9-11H2,1-3H3;1H3,(H,3,4). The number of carbonyl (C=O) groups is 3. The third-order valence-electron chi connectivity index (χ3n) is 6.49. The van der Waals surface area contributed by atoms with Crippen LogP contribution >= 0.6 is 0 Å². The third kappa shape index (κ3) is 4.12. The first-order chi connectivity index (χ1) is 14.3. The fourth-order valence-electron chi connectivity index (χ4n) is 5.15. The average Bonchev–Trinajstić information content (AvgIpc) is 3.06. The summed E-state index contributed by atoms with van der Waals surface area (Å²) in [7, 11) is 3.55. The molecule has 0 spiro atoms. The second-order valence-electron chi connectivity index (χ2n) is 8.26. The molecule has 30 heavy (non-hydrogen) atoms. The highest BCUT2D eigenvalue weighted by Gasteiger charge is 2.48. The zero-order valence-electron chi connectivity index (χ0n) is 18.0. The van der Waals surface area contributed by atoms with Gasteiger partial charge in [-0.2, -0.15) is 0 Å². The Balaban J connectivity index is 0.000000589. The zero-order valence-corrected chi connectivity index (χ0v) is 18.0. The van der Waals surface area contributed by atoms with E-state index in [2.05, 4.69) is 29.9 Å². The van der Waals surface area contributed by atoms with Crippen LogP contribution in [-0.4, -0.2) is 59.5 Å². The van der Waals surface area contributed by atoms with Crippen LogP contribution < -0.4 is 0 Å². The summed E-state index contributed by atoms with van der Waals surface area (Å²) in [5.41, 5.74) is 2.77. The molecular formula is C23H30N2O5. The Morgan fingerprint density at radius 1 is 1.27 bits per heavy atom. The van der Waals surface area contributed by atoms with Gasteiger partial charge in [0.15, 0.2) is 5.78 Å². The largest absolute Gasteiger partial charge is 0.481 e. The predicted octanol–water partition coefficient (Wildman–Crippen LogP) is 3.13. The summed E-state index contributed by atoms with van der Waals surface area (Å²) >= 11 is 0. The van der Waals surface area contributed by atoms with Gasteiger partial charge >= 0.3 is 5.97 Å². The number of Topliss-reactive ketones (excluding diaryl/α,β-unsaturated/α-hetero) is 1. The van der Waals surface area contributed by atoms with Crippen LogP contribution in [0.5, 0.6) is 0 Å². The normalized spacial score (nSPS) is 26.1. The van der Waals surface area contributed by atoms with E-state index in [0.29, 0.717) is 18.8 Å². The molecule has 2 N–H and O–H groups in total. The number of hydrogen-bond acceptors (Lipinski definition) is 5. The lowest BCUT2D eigenvalue weighted by Crippen LogP contribution is -2.56. The van der Waals surface area contributed by atoms with E-state index in [-0.39, 0.29) is 29.6 Å². The monoisotopic (exact) mass is 414 g/mol. The number of piperidine rings is 1. The number of rotatable bonds is 2. The van der Waals surface area contributed by atoms with Crippen LogP contribution in [0.25, 0.3) is 10.9 Å². The second-order valence-corrected chi connectivity index (χ2v) is 8.26. The highest BCUT2D eigenvalue weighted by Crippen LogP contribution is 2.42. The van der Waals surface area contributed by atoms with Gasteiger partial charge < -0.3 is 19.7 Å². The zero-order chi connectivity index (χ0) is 22.0. The number of ether oxygens (including phenoxy) is 1. The smallest absolute Gasteiger partial charge is 0.310 e. The van der Waals surface area contributed by atoms with Crippen molar-refractivity contribution in [3.63, 3.8) is 0 Å². The van der Waals surface area contributed by atoms with Crippen molar-refractivity contribution in [3.8, 4) is 0 Å². The van der Waals surface area contributed by atoms with E-state index in [9.17, 15) is 9.59 Å². The molecule has 0 saturated carbocycles. The lowest BCUT2D eigenvalue weighted by atomic mass is 9.67. The number of para-hydroxylation sites is 1. The Hall–Kier alpha value is -2.67. The van der Waals surface area contributed by atoms with Gasteiger partial charge in [0, 0.05) is 36.8 Å². The lowest BCUT2D eigenvalue weighted by Gasteiger charge is -2.47.